The molecule has 15 heteroatoms. The standard InChI is InChI=1S/C44H55N5O9S/c1-7-28-24-44(28,40(53)47-59(55,56)31-19-20-31)46-37(50)34-22-30-25-48(34)38(51)36(42(2,3)4)45-41(54)57-26-43(5,6)21-12-11-14-27-15-13-18-33-32(27)23-35(39(52)58-30)49(33)29-16-9-8-10-17-29/h7-10,13,15-18,23,28,30-31,34,36H,1,11-12,14,19-22,24-26H2,2-6H3,(H,45,54)(H,46,50)(H,47,53)/t28-,30-,34+,36-,44-/m1/s1. The van der Waals surface area contributed by atoms with Crippen molar-refractivity contribution in [3.8, 4) is 5.69 Å². The molecule has 3 N–H and O–H groups in total. The van der Waals surface area contributed by atoms with Crippen molar-refractivity contribution in [2.75, 3.05) is 13.2 Å². The largest absolute Gasteiger partial charge is 0.456 e. The Labute approximate surface area is 345 Å². The number of esters is 1. The van der Waals surface area contributed by atoms with Crippen molar-refractivity contribution in [2.24, 2.45) is 16.7 Å². The van der Waals surface area contributed by atoms with Crippen molar-refractivity contribution in [1.29, 1.82) is 0 Å². The summed E-state index contributed by atoms with van der Waals surface area (Å²) in [6, 6.07) is 14.9. The quantitative estimate of drug-likeness (QED) is 0.210. The van der Waals surface area contributed by atoms with Gasteiger partial charge in [0.1, 0.15) is 29.4 Å². The zero-order chi connectivity index (χ0) is 42.5. The summed E-state index contributed by atoms with van der Waals surface area (Å²) in [5.74, 6) is -3.45. The Bertz CT molecular complexity index is 2280. The number of rotatable bonds is 7. The van der Waals surface area contributed by atoms with Gasteiger partial charge < -0.3 is 29.6 Å². The first kappa shape index (κ1) is 42.0. The Balaban J connectivity index is 1.25. The normalized spacial score (nSPS) is 26.7. The maximum atomic E-state index is 14.7. The number of sulfonamides is 1. The predicted octanol–water partition coefficient (Wildman–Crippen LogP) is 5.32. The van der Waals surface area contributed by atoms with Gasteiger partial charge >= 0.3 is 12.1 Å². The molecular formula is C44H55N5O9S. The van der Waals surface area contributed by atoms with E-state index in [0.29, 0.717) is 12.8 Å². The van der Waals surface area contributed by atoms with E-state index in [9.17, 15) is 32.4 Å². The molecule has 1 aromatic heterocycles. The smallest absolute Gasteiger partial charge is 0.407 e. The van der Waals surface area contributed by atoms with E-state index in [2.05, 4.69) is 28.0 Å². The molecule has 2 saturated carbocycles. The maximum Gasteiger partial charge on any atom is 0.407 e. The Morgan fingerprint density at radius 1 is 1.02 bits per heavy atom. The Morgan fingerprint density at radius 3 is 2.41 bits per heavy atom. The number of cyclic esters (lactones) is 1. The average Bonchev–Trinajstić information content (AvgIpc) is 4.08. The Morgan fingerprint density at radius 2 is 1.75 bits per heavy atom. The van der Waals surface area contributed by atoms with Crippen LogP contribution < -0.4 is 15.4 Å². The van der Waals surface area contributed by atoms with Crippen molar-refractivity contribution < 1.29 is 41.9 Å². The van der Waals surface area contributed by atoms with Gasteiger partial charge in [-0.2, -0.15) is 0 Å². The molecule has 2 aliphatic heterocycles. The molecule has 0 unspecified atom stereocenters. The third-order valence-electron chi connectivity index (χ3n) is 12.0. The molecule has 4 amide bonds. The summed E-state index contributed by atoms with van der Waals surface area (Å²) in [7, 11) is -3.94. The van der Waals surface area contributed by atoms with E-state index in [1.165, 1.54) is 11.0 Å². The third kappa shape index (κ3) is 8.76. The molecule has 3 heterocycles. The van der Waals surface area contributed by atoms with Gasteiger partial charge in [0, 0.05) is 23.4 Å². The fourth-order valence-electron chi connectivity index (χ4n) is 8.35. The van der Waals surface area contributed by atoms with Crippen LogP contribution in [0.4, 0.5) is 4.79 Å². The number of aryl methyl sites for hydroxylation is 1. The van der Waals surface area contributed by atoms with Crippen molar-refractivity contribution >= 4 is 50.7 Å². The molecule has 0 radical (unpaired) electrons. The summed E-state index contributed by atoms with van der Waals surface area (Å²) in [4.78, 5) is 71.8. The van der Waals surface area contributed by atoms with Gasteiger partial charge in [0.15, 0.2) is 0 Å². The molecule has 1 saturated heterocycles. The Hall–Kier alpha value is -5.18. The predicted molar refractivity (Wildman–Crippen MR) is 221 cm³/mol. The molecule has 4 bridgehead atoms. The first-order valence-electron chi connectivity index (χ1n) is 20.5. The molecule has 59 heavy (non-hydrogen) atoms. The highest BCUT2D eigenvalue weighted by Gasteiger charge is 2.62. The second kappa shape index (κ2) is 15.8. The highest BCUT2D eigenvalue weighted by Crippen LogP contribution is 2.45. The van der Waals surface area contributed by atoms with Crippen LogP contribution in [0, 0.1) is 16.7 Å². The molecular weight excluding hydrogens is 775 g/mol. The van der Waals surface area contributed by atoms with Gasteiger partial charge in [-0.1, -0.05) is 77.4 Å². The number of nitrogens with zero attached hydrogens (tertiary/aromatic N) is 2. The highest BCUT2D eigenvalue weighted by molar-refractivity contribution is 7.91. The fourth-order valence-corrected chi connectivity index (χ4v) is 9.71. The molecule has 4 aliphatic rings. The first-order valence-corrected chi connectivity index (χ1v) is 22.0. The third-order valence-corrected chi connectivity index (χ3v) is 13.9. The molecule has 7 rings (SSSR count). The number of hydrogen-bond donors (Lipinski definition) is 3. The van der Waals surface area contributed by atoms with Crippen LogP contribution in [0.1, 0.15) is 95.6 Å². The van der Waals surface area contributed by atoms with Gasteiger partial charge in [-0.25, -0.2) is 18.0 Å². The lowest BCUT2D eigenvalue weighted by molar-refractivity contribution is -0.143. The number of hydrogen-bond acceptors (Lipinski definition) is 9. The van der Waals surface area contributed by atoms with Crippen LogP contribution in [0.25, 0.3) is 16.6 Å². The van der Waals surface area contributed by atoms with Crippen molar-refractivity contribution in [2.45, 2.75) is 115 Å². The van der Waals surface area contributed by atoms with Crippen LogP contribution in [-0.4, -0.2) is 89.8 Å². The summed E-state index contributed by atoms with van der Waals surface area (Å²) < 4.78 is 41.5. The summed E-state index contributed by atoms with van der Waals surface area (Å²) in [6.45, 7) is 13.1. The summed E-state index contributed by atoms with van der Waals surface area (Å²) in [5, 5.41) is 5.76. The van der Waals surface area contributed by atoms with Gasteiger partial charge in [0.05, 0.1) is 23.9 Å². The zero-order valence-electron chi connectivity index (χ0n) is 34.4. The lowest BCUT2D eigenvalue weighted by Crippen LogP contribution is -2.60. The summed E-state index contributed by atoms with van der Waals surface area (Å²) in [5.41, 5.74) is 0.0808. The average molecular weight is 830 g/mol. The maximum absolute atomic E-state index is 14.7. The van der Waals surface area contributed by atoms with E-state index in [0.717, 1.165) is 47.8 Å². The van der Waals surface area contributed by atoms with E-state index in [1.54, 1.807) is 20.8 Å². The second-order valence-electron chi connectivity index (χ2n) is 18.4. The Kier molecular flexibility index (Phi) is 11.2. The summed E-state index contributed by atoms with van der Waals surface area (Å²) >= 11 is 0. The van der Waals surface area contributed by atoms with Gasteiger partial charge in [-0.05, 0) is 79.2 Å². The number of nitrogens with one attached hydrogen (secondary N) is 3. The van der Waals surface area contributed by atoms with E-state index in [1.807, 2.05) is 66.9 Å². The monoisotopic (exact) mass is 829 g/mol. The van der Waals surface area contributed by atoms with Crippen molar-refractivity contribution in [3.63, 3.8) is 0 Å². The number of aromatic nitrogens is 1. The van der Waals surface area contributed by atoms with Crippen LogP contribution in [0.3, 0.4) is 0 Å². The number of ether oxygens (including phenoxy) is 2. The molecule has 2 aromatic carbocycles. The number of alkyl carbamates (subject to hydrolysis) is 1. The number of fused-ring (bicyclic) bond motifs is 3. The number of carbonyl (C=O) groups is 5. The molecule has 3 aromatic rings. The highest BCUT2D eigenvalue weighted by atomic mass is 32.2. The van der Waals surface area contributed by atoms with Crippen molar-refractivity contribution in [3.05, 3.63) is 78.5 Å². The lowest BCUT2D eigenvalue weighted by atomic mass is 9.85. The molecule has 14 nitrogen and oxygen atoms in total. The van der Waals surface area contributed by atoms with Crippen LogP contribution in [0.2, 0.25) is 0 Å². The zero-order valence-corrected chi connectivity index (χ0v) is 35.2. The molecule has 2 aliphatic carbocycles. The topological polar surface area (TPSA) is 182 Å². The van der Waals surface area contributed by atoms with E-state index in [4.69, 9.17) is 9.47 Å². The van der Waals surface area contributed by atoms with Gasteiger partial charge in [-0.15, -0.1) is 6.58 Å². The second-order valence-corrected chi connectivity index (χ2v) is 20.4. The number of carbonyl (C=O) groups excluding carboxylic acids is 5. The number of benzene rings is 2. The van der Waals surface area contributed by atoms with Gasteiger partial charge in [0.2, 0.25) is 21.8 Å². The van der Waals surface area contributed by atoms with Crippen LogP contribution in [-0.2, 0) is 40.3 Å². The SMILES string of the molecule is C=C[C@@H]1C[C@]1(NC(=O)[C@@H]1C[C@@H]2CN1C(=O)[C@H](C(C)(C)C)NC(=O)OCC(C)(C)CCCCc1cccc3c1cc(n3-c1ccccc1)C(=O)O2)C(=O)NS(=O)(=O)C1CC1. The summed E-state index contributed by atoms with van der Waals surface area (Å²) in [6.07, 6.45) is 3.82. The minimum Gasteiger partial charge on any atom is -0.456 e. The first-order chi connectivity index (χ1) is 27.8. The lowest BCUT2D eigenvalue weighted by Gasteiger charge is -2.35. The van der Waals surface area contributed by atoms with Gasteiger partial charge in [0.25, 0.3) is 5.91 Å². The van der Waals surface area contributed by atoms with Crippen LogP contribution in [0.15, 0.2) is 67.3 Å². The number of para-hydroxylation sites is 1. The van der Waals surface area contributed by atoms with Crippen LogP contribution >= 0.6 is 0 Å². The minimum atomic E-state index is -3.94. The van der Waals surface area contributed by atoms with E-state index < -0.39 is 80.1 Å². The molecule has 5 atom stereocenters. The molecule has 3 fully saturated rings. The molecule has 316 valence electrons. The number of amides is 4. The van der Waals surface area contributed by atoms with E-state index >= 15 is 0 Å². The van der Waals surface area contributed by atoms with Gasteiger partial charge in [-0.3, -0.25) is 19.1 Å². The fraction of sp³-hybridized carbons (Fsp3) is 0.523. The van der Waals surface area contributed by atoms with Crippen molar-refractivity contribution in [1.82, 2.24) is 24.8 Å². The minimum absolute atomic E-state index is 0.105. The van der Waals surface area contributed by atoms with E-state index in [-0.39, 0.29) is 37.1 Å². The van der Waals surface area contributed by atoms with Crippen LogP contribution in [0.5, 0.6) is 0 Å². The molecule has 0 spiro atoms.